The number of ether oxygens (including phenoxy) is 1. The van der Waals surface area contributed by atoms with E-state index in [4.69, 9.17) is 4.74 Å². The molecule has 1 atom stereocenters. The maximum absolute atomic E-state index is 13.5. The van der Waals surface area contributed by atoms with Crippen molar-refractivity contribution in [2.45, 2.75) is 12.5 Å². The van der Waals surface area contributed by atoms with Crippen LogP contribution in [0.3, 0.4) is 0 Å². The predicted molar refractivity (Wildman–Crippen MR) is 71.0 cm³/mol. The number of rotatable bonds is 2. The average Bonchev–Trinajstić information content (AvgIpc) is 2.48. The van der Waals surface area contributed by atoms with E-state index in [0.717, 1.165) is 11.3 Å². The minimum atomic E-state index is -0.759. The minimum absolute atomic E-state index is 0.0449. The van der Waals surface area contributed by atoms with Crippen molar-refractivity contribution in [3.8, 4) is 5.75 Å². The molecule has 0 saturated carbocycles. The second kappa shape index (κ2) is 5.28. The van der Waals surface area contributed by atoms with Gasteiger partial charge in [0.1, 0.15) is 5.75 Å². The van der Waals surface area contributed by atoms with E-state index in [1.165, 1.54) is 18.3 Å². The first-order valence-electron chi connectivity index (χ1n) is 6.39. The zero-order valence-corrected chi connectivity index (χ0v) is 10.7. The summed E-state index contributed by atoms with van der Waals surface area (Å²) in [6.45, 7) is 0.525. The zero-order valence-electron chi connectivity index (χ0n) is 10.7. The van der Waals surface area contributed by atoms with Gasteiger partial charge in [-0.3, -0.25) is 4.79 Å². The molecule has 102 valence electrons. The molecule has 1 aliphatic heterocycles. The fourth-order valence-electron chi connectivity index (χ4n) is 2.28. The number of pyridine rings is 1. The lowest BCUT2D eigenvalue weighted by molar-refractivity contribution is 0.0920. The summed E-state index contributed by atoms with van der Waals surface area (Å²) in [4.78, 5) is 15.6. The van der Waals surface area contributed by atoms with Crippen molar-refractivity contribution in [2.75, 3.05) is 6.61 Å². The molecule has 0 aliphatic carbocycles. The first kappa shape index (κ1) is 12.6. The highest BCUT2D eigenvalue weighted by Crippen LogP contribution is 2.31. The molecule has 1 N–H and O–H groups in total. The van der Waals surface area contributed by atoms with Crippen LogP contribution < -0.4 is 10.1 Å². The molecule has 0 bridgehead atoms. The molecule has 20 heavy (non-hydrogen) atoms. The van der Waals surface area contributed by atoms with Gasteiger partial charge in [-0.2, -0.15) is 4.39 Å². The average molecular weight is 272 g/mol. The SMILES string of the molecule is O=C(NC1CCOc2ccccc21)c1cccnc1F. The quantitative estimate of drug-likeness (QED) is 0.854. The molecule has 0 saturated heterocycles. The Morgan fingerprint density at radius 1 is 1.30 bits per heavy atom. The Morgan fingerprint density at radius 3 is 3.00 bits per heavy atom. The molecule has 2 heterocycles. The zero-order chi connectivity index (χ0) is 13.9. The van der Waals surface area contributed by atoms with Crippen molar-refractivity contribution in [1.82, 2.24) is 10.3 Å². The largest absolute Gasteiger partial charge is 0.493 e. The molecule has 5 heteroatoms. The molecule has 1 aromatic carbocycles. The van der Waals surface area contributed by atoms with Crippen LogP contribution in [-0.4, -0.2) is 17.5 Å². The van der Waals surface area contributed by atoms with Gasteiger partial charge in [-0.25, -0.2) is 4.98 Å². The van der Waals surface area contributed by atoms with E-state index in [1.54, 1.807) is 0 Å². The van der Waals surface area contributed by atoms with Gasteiger partial charge in [0.2, 0.25) is 5.95 Å². The summed E-state index contributed by atoms with van der Waals surface area (Å²) in [5, 5.41) is 2.83. The second-order valence-corrected chi connectivity index (χ2v) is 4.54. The molecule has 1 unspecified atom stereocenters. The van der Waals surface area contributed by atoms with Crippen LogP contribution >= 0.6 is 0 Å². The summed E-state index contributed by atoms with van der Waals surface area (Å²) in [5.41, 5.74) is 0.868. The first-order chi connectivity index (χ1) is 9.75. The third-order valence-corrected chi connectivity index (χ3v) is 3.27. The molecule has 0 fully saturated rings. The maximum Gasteiger partial charge on any atom is 0.256 e. The number of para-hydroxylation sites is 1. The van der Waals surface area contributed by atoms with Crippen LogP contribution in [0.5, 0.6) is 5.75 Å². The van der Waals surface area contributed by atoms with Gasteiger partial charge in [0, 0.05) is 18.2 Å². The van der Waals surface area contributed by atoms with Gasteiger partial charge in [0.25, 0.3) is 5.91 Å². The maximum atomic E-state index is 13.5. The van der Waals surface area contributed by atoms with Crippen molar-refractivity contribution in [3.63, 3.8) is 0 Å². The summed E-state index contributed by atoms with van der Waals surface area (Å²) in [6, 6.07) is 10.3. The molecule has 1 aromatic heterocycles. The number of hydrogen-bond donors (Lipinski definition) is 1. The molecule has 1 amide bonds. The fourth-order valence-corrected chi connectivity index (χ4v) is 2.28. The Labute approximate surface area is 115 Å². The molecule has 4 nitrogen and oxygen atoms in total. The molecule has 2 aromatic rings. The summed E-state index contributed by atoms with van der Waals surface area (Å²) >= 11 is 0. The Balaban J connectivity index is 1.83. The molecule has 1 aliphatic rings. The fraction of sp³-hybridized carbons (Fsp3) is 0.200. The molecular weight excluding hydrogens is 259 g/mol. The second-order valence-electron chi connectivity index (χ2n) is 4.54. The number of hydrogen-bond acceptors (Lipinski definition) is 3. The highest BCUT2D eigenvalue weighted by molar-refractivity contribution is 5.94. The Bertz CT molecular complexity index is 645. The summed E-state index contributed by atoms with van der Waals surface area (Å²) in [6.07, 6.45) is 1.97. The smallest absolute Gasteiger partial charge is 0.256 e. The van der Waals surface area contributed by atoms with Gasteiger partial charge < -0.3 is 10.1 Å². The van der Waals surface area contributed by atoms with Crippen LogP contribution in [0.15, 0.2) is 42.6 Å². The van der Waals surface area contributed by atoms with Gasteiger partial charge in [0.05, 0.1) is 18.2 Å². The lowest BCUT2D eigenvalue weighted by atomic mass is 10.0. The number of halogens is 1. The van der Waals surface area contributed by atoms with Crippen molar-refractivity contribution in [3.05, 3.63) is 59.7 Å². The third kappa shape index (κ3) is 2.34. The van der Waals surface area contributed by atoms with Gasteiger partial charge >= 0.3 is 0 Å². The van der Waals surface area contributed by atoms with Crippen LogP contribution in [0.1, 0.15) is 28.4 Å². The molecule has 0 spiro atoms. The number of amides is 1. The lowest BCUT2D eigenvalue weighted by Crippen LogP contribution is -2.32. The van der Waals surface area contributed by atoms with Gasteiger partial charge in [-0.05, 0) is 18.2 Å². The van der Waals surface area contributed by atoms with Crippen LogP contribution in [-0.2, 0) is 0 Å². The standard InChI is InChI=1S/C15H13FN2O2/c16-14-11(5-3-8-17-14)15(19)18-12-7-9-20-13-6-2-1-4-10(12)13/h1-6,8,12H,7,9H2,(H,18,19). The number of carbonyl (C=O) groups excluding carboxylic acids is 1. The number of aromatic nitrogens is 1. The monoisotopic (exact) mass is 272 g/mol. The van der Waals surface area contributed by atoms with Gasteiger partial charge in [0.15, 0.2) is 0 Å². The Morgan fingerprint density at radius 2 is 2.15 bits per heavy atom. The number of nitrogens with zero attached hydrogens (tertiary/aromatic N) is 1. The molecular formula is C15H13FN2O2. The highest BCUT2D eigenvalue weighted by atomic mass is 19.1. The highest BCUT2D eigenvalue weighted by Gasteiger charge is 2.24. The van der Waals surface area contributed by atoms with Crippen molar-refractivity contribution >= 4 is 5.91 Å². The number of carbonyl (C=O) groups is 1. The Hall–Kier alpha value is -2.43. The van der Waals surface area contributed by atoms with E-state index >= 15 is 0 Å². The van der Waals surface area contributed by atoms with Crippen LogP contribution in [0, 0.1) is 5.95 Å². The van der Waals surface area contributed by atoms with E-state index in [-0.39, 0.29) is 11.6 Å². The predicted octanol–water partition coefficient (Wildman–Crippen LogP) is 2.47. The topological polar surface area (TPSA) is 51.2 Å². The minimum Gasteiger partial charge on any atom is -0.493 e. The van der Waals surface area contributed by atoms with Gasteiger partial charge in [-0.15, -0.1) is 0 Å². The van der Waals surface area contributed by atoms with Crippen molar-refractivity contribution in [2.24, 2.45) is 0 Å². The van der Waals surface area contributed by atoms with Crippen molar-refractivity contribution in [1.29, 1.82) is 0 Å². The number of benzene rings is 1. The number of nitrogens with one attached hydrogen (secondary N) is 1. The molecule has 3 rings (SSSR count). The summed E-state index contributed by atoms with van der Waals surface area (Å²) in [7, 11) is 0. The van der Waals surface area contributed by atoms with Crippen molar-refractivity contribution < 1.29 is 13.9 Å². The summed E-state index contributed by atoms with van der Waals surface area (Å²) in [5.74, 6) is -0.460. The normalized spacial score (nSPS) is 16.9. The van der Waals surface area contributed by atoms with Crippen LogP contribution in [0.2, 0.25) is 0 Å². The first-order valence-corrected chi connectivity index (χ1v) is 6.39. The molecule has 0 radical (unpaired) electrons. The van der Waals surface area contributed by atoms with Gasteiger partial charge in [-0.1, -0.05) is 18.2 Å². The van der Waals surface area contributed by atoms with E-state index in [9.17, 15) is 9.18 Å². The third-order valence-electron chi connectivity index (χ3n) is 3.27. The van der Waals surface area contributed by atoms with E-state index < -0.39 is 11.9 Å². The summed E-state index contributed by atoms with van der Waals surface area (Å²) < 4.78 is 19.0. The van der Waals surface area contributed by atoms with E-state index in [0.29, 0.717) is 13.0 Å². The number of fused-ring (bicyclic) bond motifs is 1. The van der Waals surface area contributed by atoms with Crippen LogP contribution in [0.25, 0.3) is 0 Å². The Kier molecular flexibility index (Phi) is 3.33. The van der Waals surface area contributed by atoms with E-state index in [2.05, 4.69) is 10.3 Å². The lowest BCUT2D eigenvalue weighted by Gasteiger charge is -2.26. The van der Waals surface area contributed by atoms with E-state index in [1.807, 2.05) is 24.3 Å². The van der Waals surface area contributed by atoms with Crippen LogP contribution in [0.4, 0.5) is 4.39 Å².